The Balaban J connectivity index is 2.96. The fraction of sp³-hybridized carbons (Fsp3) is 0.500. The van der Waals surface area contributed by atoms with Gasteiger partial charge in [0.15, 0.2) is 11.5 Å². The van der Waals surface area contributed by atoms with E-state index in [4.69, 9.17) is 4.74 Å². The molecule has 1 aromatic rings. The Hall–Kier alpha value is -1.95. The van der Waals surface area contributed by atoms with Crippen molar-refractivity contribution in [1.82, 2.24) is 4.90 Å². The van der Waals surface area contributed by atoms with Gasteiger partial charge in [-0.15, -0.1) is 0 Å². The average Bonchev–Trinajstić information content (AvgIpc) is 2.37. The first kappa shape index (κ1) is 16.1. The maximum Gasteiger partial charge on any atom is 0.311 e. The van der Waals surface area contributed by atoms with Crippen LogP contribution in [-0.4, -0.2) is 42.9 Å². The van der Waals surface area contributed by atoms with Crippen molar-refractivity contribution in [1.29, 1.82) is 0 Å². The van der Waals surface area contributed by atoms with Crippen LogP contribution in [-0.2, 0) is 0 Å². The molecule has 0 saturated carbocycles. The summed E-state index contributed by atoms with van der Waals surface area (Å²) in [5, 5.41) is 11.1. The molecule has 6 heteroatoms. The second-order valence-electron chi connectivity index (χ2n) is 5.11. The first-order valence-corrected chi connectivity index (χ1v) is 6.43. The number of nitro groups is 1. The van der Waals surface area contributed by atoms with E-state index >= 15 is 0 Å². The molecule has 110 valence electrons. The van der Waals surface area contributed by atoms with Crippen LogP contribution < -0.4 is 4.74 Å². The molecule has 0 unspecified atom stereocenters. The predicted molar refractivity (Wildman–Crippen MR) is 76.3 cm³/mol. The highest BCUT2D eigenvalue weighted by Crippen LogP contribution is 2.28. The topological polar surface area (TPSA) is 72.7 Å². The van der Waals surface area contributed by atoms with Crippen LogP contribution in [0.3, 0.4) is 0 Å². The molecule has 0 heterocycles. The summed E-state index contributed by atoms with van der Waals surface area (Å²) in [6, 6.07) is 4.34. The lowest BCUT2D eigenvalue weighted by Crippen LogP contribution is -2.19. The van der Waals surface area contributed by atoms with Gasteiger partial charge in [-0.25, -0.2) is 0 Å². The van der Waals surface area contributed by atoms with Crippen molar-refractivity contribution >= 4 is 11.5 Å². The van der Waals surface area contributed by atoms with E-state index in [1.54, 1.807) is 19.9 Å². The molecule has 0 atom stereocenters. The molecule has 0 aliphatic carbocycles. The van der Waals surface area contributed by atoms with Crippen molar-refractivity contribution in [3.05, 3.63) is 33.9 Å². The van der Waals surface area contributed by atoms with Crippen molar-refractivity contribution in [3.8, 4) is 5.75 Å². The number of Topliss-reactive ketones (excluding diaryl/α,β-unsaturated/α-hetero) is 1. The van der Waals surface area contributed by atoms with E-state index < -0.39 is 4.92 Å². The van der Waals surface area contributed by atoms with E-state index in [1.807, 2.05) is 19.0 Å². The van der Waals surface area contributed by atoms with Gasteiger partial charge in [0, 0.05) is 24.1 Å². The molecule has 0 fully saturated rings. The lowest BCUT2D eigenvalue weighted by Gasteiger charge is -2.12. The number of benzene rings is 1. The summed E-state index contributed by atoms with van der Waals surface area (Å²) in [4.78, 5) is 24.3. The Bertz CT molecular complexity index is 498. The van der Waals surface area contributed by atoms with Gasteiger partial charge in [0.1, 0.15) is 6.61 Å². The fourth-order valence-electron chi connectivity index (χ4n) is 1.61. The molecule has 0 aliphatic rings. The van der Waals surface area contributed by atoms with Gasteiger partial charge in [-0.3, -0.25) is 14.9 Å². The zero-order valence-corrected chi connectivity index (χ0v) is 12.3. The minimum absolute atomic E-state index is 0.118. The summed E-state index contributed by atoms with van der Waals surface area (Å²) < 4.78 is 5.41. The van der Waals surface area contributed by atoms with Crippen molar-refractivity contribution in [2.45, 2.75) is 13.8 Å². The molecule has 1 rings (SSSR count). The first-order valence-electron chi connectivity index (χ1n) is 6.43. The normalized spacial score (nSPS) is 10.9. The number of nitro benzene ring substituents is 1. The van der Waals surface area contributed by atoms with Crippen LogP contribution in [0.15, 0.2) is 18.2 Å². The Morgan fingerprint density at radius 3 is 2.55 bits per heavy atom. The van der Waals surface area contributed by atoms with Crippen molar-refractivity contribution in [2.75, 3.05) is 27.2 Å². The Morgan fingerprint density at radius 1 is 1.40 bits per heavy atom. The summed E-state index contributed by atoms with van der Waals surface area (Å²) in [6.07, 6.45) is 0. The third kappa shape index (κ3) is 4.31. The summed E-state index contributed by atoms with van der Waals surface area (Å²) in [6.45, 7) is 4.53. The van der Waals surface area contributed by atoms with Crippen LogP contribution in [0, 0.1) is 16.0 Å². The molecule has 0 N–H and O–H groups in total. The molecular weight excluding hydrogens is 260 g/mol. The third-order valence-corrected chi connectivity index (χ3v) is 2.76. The van der Waals surface area contributed by atoms with Gasteiger partial charge >= 0.3 is 5.69 Å². The Kier molecular flexibility index (Phi) is 5.64. The smallest absolute Gasteiger partial charge is 0.311 e. The van der Waals surface area contributed by atoms with Gasteiger partial charge in [0.2, 0.25) is 0 Å². The van der Waals surface area contributed by atoms with E-state index in [-0.39, 0.29) is 23.1 Å². The second-order valence-corrected chi connectivity index (χ2v) is 5.11. The molecule has 1 aromatic carbocycles. The summed E-state index contributed by atoms with van der Waals surface area (Å²) >= 11 is 0. The van der Waals surface area contributed by atoms with Crippen LogP contribution in [0.5, 0.6) is 5.75 Å². The third-order valence-electron chi connectivity index (χ3n) is 2.76. The van der Waals surface area contributed by atoms with E-state index in [0.717, 1.165) is 0 Å². The zero-order chi connectivity index (χ0) is 15.3. The van der Waals surface area contributed by atoms with Crippen molar-refractivity contribution in [3.63, 3.8) is 0 Å². The van der Waals surface area contributed by atoms with Crippen LogP contribution in [0.4, 0.5) is 5.69 Å². The molecule has 0 saturated heterocycles. The first-order chi connectivity index (χ1) is 9.32. The lowest BCUT2D eigenvalue weighted by atomic mass is 10.0. The van der Waals surface area contributed by atoms with Gasteiger partial charge in [0.25, 0.3) is 0 Å². The van der Waals surface area contributed by atoms with Crippen LogP contribution in [0.25, 0.3) is 0 Å². The molecule has 0 amide bonds. The zero-order valence-electron chi connectivity index (χ0n) is 12.3. The molecular formula is C14H20N2O4. The Morgan fingerprint density at radius 2 is 2.05 bits per heavy atom. The largest absolute Gasteiger partial charge is 0.485 e. The highest BCUT2D eigenvalue weighted by Gasteiger charge is 2.20. The van der Waals surface area contributed by atoms with Gasteiger partial charge < -0.3 is 9.64 Å². The number of hydrogen-bond acceptors (Lipinski definition) is 5. The quantitative estimate of drug-likeness (QED) is 0.435. The number of nitrogens with zero attached hydrogens (tertiary/aromatic N) is 2. The summed E-state index contributed by atoms with van der Waals surface area (Å²) in [7, 11) is 3.78. The highest BCUT2D eigenvalue weighted by atomic mass is 16.6. The number of hydrogen-bond donors (Lipinski definition) is 0. The molecule has 0 aromatic heterocycles. The lowest BCUT2D eigenvalue weighted by molar-refractivity contribution is -0.385. The number of carbonyl (C=O) groups excluding carboxylic acids is 1. The van der Waals surface area contributed by atoms with Crippen LogP contribution in [0.2, 0.25) is 0 Å². The average molecular weight is 280 g/mol. The van der Waals surface area contributed by atoms with Crippen LogP contribution in [0.1, 0.15) is 24.2 Å². The maximum atomic E-state index is 11.9. The fourth-order valence-corrected chi connectivity index (χ4v) is 1.61. The molecule has 0 bridgehead atoms. The highest BCUT2D eigenvalue weighted by molar-refractivity contribution is 5.98. The Labute approximate surface area is 118 Å². The maximum absolute atomic E-state index is 11.9. The standard InChI is InChI=1S/C14H20N2O4/c1-10(2)14(17)11-5-6-13(12(9-11)16(18)19)20-8-7-15(3)4/h5-6,9-10H,7-8H2,1-4H3. The van der Waals surface area contributed by atoms with E-state index in [0.29, 0.717) is 18.7 Å². The van der Waals surface area contributed by atoms with Gasteiger partial charge in [0.05, 0.1) is 4.92 Å². The van der Waals surface area contributed by atoms with E-state index in [1.165, 1.54) is 12.1 Å². The summed E-state index contributed by atoms with van der Waals surface area (Å²) in [5.41, 5.74) is 0.168. The summed E-state index contributed by atoms with van der Waals surface area (Å²) in [5.74, 6) is -0.125. The monoisotopic (exact) mass is 280 g/mol. The number of ether oxygens (including phenoxy) is 1. The number of rotatable bonds is 7. The van der Waals surface area contributed by atoms with Gasteiger partial charge in [-0.2, -0.15) is 0 Å². The van der Waals surface area contributed by atoms with Gasteiger partial charge in [-0.05, 0) is 26.2 Å². The number of ketones is 1. The van der Waals surface area contributed by atoms with Crippen molar-refractivity contribution in [2.24, 2.45) is 5.92 Å². The molecule has 20 heavy (non-hydrogen) atoms. The van der Waals surface area contributed by atoms with E-state index in [2.05, 4.69) is 0 Å². The minimum atomic E-state index is -0.526. The second kappa shape index (κ2) is 7.00. The SMILES string of the molecule is CC(C)C(=O)c1ccc(OCCN(C)C)c([N+](=O)[O-])c1. The predicted octanol–water partition coefficient (Wildman–Crippen LogP) is 2.37. The molecule has 0 aliphatic heterocycles. The van der Waals surface area contributed by atoms with Crippen molar-refractivity contribution < 1.29 is 14.5 Å². The number of carbonyl (C=O) groups is 1. The molecule has 0 spiro atoms. The molecule has 6 nitrogen and oxygen atoms in total. The molecule has 0 radical (unpaired) electrons. The number of likely N-dealkylation sites (N-methyl/N-ethyl adjacent to an activating group) is 1. The van der Waals surface area contributed by atoms with Gasteiger partial charge in [-0.1, -0.05) is 13.8 Å². The minimum Gasteiger partial charge on any atom is -0.485 e. The van der Waals surface area contributed by atoms with E-state index in [9.17, 15) is 14.9 Å². The van der Waals surface area contributed by atoms with Crippen LogP contribution >= 0.6 is 0 Å².